The number of fused-ring (bicyclic) bond motifs is 1. The van der Waals surface area contributed by atoms with Gasteiger partial charge in [0.1, 0.15) is 12.6 Å². The number of ether oxygens (including phenoxy) is 1. The fraction of sp³-hybridized carbons (Fsp3) is 0.125. The number of carbonyl (C=O) groups is 2. The summed E-state index contributed by atoms with van der Waals surface area (Å²) in [5.74, 6) is -0.847. The van der Waals surface area contributed by atoms with Crippen molar-refractivity contribution in [2.45, 2.75) is 19.1 Å². The second kappa shape index (κ2) is 8.93. The van der Waals surface area contributed by atoms with E-state index in [9.17, 15) is 9.59 Å². The van der Waals surface area contributed by atoms with Crippen molar-refractivity contribution in [2.24, 2.45) is 4.99 Å². The number of halogens is 1. The number of aliphatic imine (C=N–C) groups is 1. The summed E-state index contributed by atoms with van der Waals surface area (Å²) < 4.78 is 5.35. The van der Waals surface area contributed by atoms with Crippen LogP contribution in [0.25, 0.3) is 0 Å². The van der Waals surface area contributed by atoms with Crippen molar-refractivity contribution in [3.05, 3.63) is 101 Å². The van der Waals surface area contributed by atoms with Crippen molar-refractivity contribution in [1.29, 1.82) is 0 Å². The first-order chi connectivity index (χ1) is 14.6. The molecule has 6 heteroatoms. The van der Waals surface area contributed by atoms with Crippen molar-refractivity contribution in [2.75, 3.05) is 5.32 Å². The van der Waals surface area contributed by atoms with E-state index in [0.29, 0.717) is 22.0 Å². The van der Waals surface area contributed by atoms with Crippen LogP contribution in [0.15, 0.2) is 83.9 Å². The lowest BCUT2D eigenvalue weighted by Gasteiger charge is -2.11. The monoisotopic (exact) mass is 418 g/mol. The van der Waals surface area contributed by atoms with Gasteiger partial charge >= 0.3 is 5.97 Å². The maximum atomic E-state index is 12.8. The third kappa shape index (κ3) is 4.58. The second-order valence-corrected chi connectivity index (χ2v) is 7.33. The van der Waals surface area contributed by atoms with Crippen LogP contribution in [-0.4, -0.2) is 23.6 Å². The van der Waals surface area contributed by atoms with Gasteiger partial charge in [-0.15, -0.1) is 0 Å². The Bertz CT molecular complexity index is 1100. The molecule has 1 heterocycles. The highest BCUT2D eigenvalue weighted by atomic mass is 35.5. The first-order valence-corrected chi connectivity index (χ1v) is 9.91. The quantitative estimate of drug-likeness (QED) is 0.614. The number of benzene rings is 3. The molecule has 30 heavy (non-hydrogen) atoms. The summed E-state index contributed by atoms with van der Waals surface area (Å²) in [7, 11) is 0. The molecule has 0 unspecified atom stereocenters. The molecule has 0 saturated carbocycles. The van der Waals surface area contributed by atoms with Crippen LogP contribution in [0.4, 0.5) is 5.69 Å². The lowest BCUT2D eigenvalue weighted by molar-refractivity contribution is -0.146. The van der Waals surface area contributed by atoms with E-state index in [-0.39, 0.29) is 18.9 Å². The Labute approximate surface area is 179 Å². The second-order valence-electron chi connectivity index (χ2n) is 6.89. The summed E-state index contributed by atoms with van der Waals surface area (Å²) in [5.41, 5.74) is 3.63. The predicted octanol–water partition coefficient (Wildman–Crippen LogP) is 4.63. The van der Waals surface area contributed by atoms with Gasteiger partial charge in [0.15, 0.2) is 0 Å². The van der Waals surface area contributed by atoms with Gasteiger partial charge in [-0.1, -0.05) is 72.3 Å². The van der Waals surface area contributed by atoms with Gasteiger partial charge in [-0.3, -0.25) is 14.6 Å². The minimum Gasteiger partial charge on any atom is -0.461 e. The van der Waals surface area contributed by atoms with Gasteiger partial charge in [-0.25, -0.2) is 0 Å². The zero-order chi connectivity index (χ0) is 20.9. The Kier molecular flexibility index (Phi) is 5.91. The maximum absolute atomic E-state index is 12.8. The van der Waals surface area contributed by atoms with E-state index in [4.69, 9.17) is 16.3 Å². The average molecular weight is 419 g/mol. The number of benzodiazepines with no additional fused rings is 1. The number of amides is 1. The number of hydrogen-bond donors (Lipinski definition) is 1. The Morgan fingerprint density at radius 1 is 1.00 bits per heavy atom. The molecule has 1 N–H and O–H groups in total. The highest BCUT2D eigenvalue weighted by Gasteiger charge is 2.28. The third-order valence-corrected chi connectivity index (χ3v) is 4.97. The Balaban J connectivity index is 1.61. The Morgan fingerprint density at radius 2 is 1.70 bits per heavy atom. The van der Waals surface area contributed by atoms with Crippen molar-refractivity contribution in [3.63, 3.8) is 0 Å². The summed E-state index contributed by atoms with van der Waals surface area (Å²) in [6.07, 6.45) is -0.156. The van der Waals surface area contributed by atoms with Gasteiger partial charge in [-0.2, -0.15) is 0 Å². The van der Waals surface area contributed by atoms with Crippen molar-refractivity contribution in [1.82, 2.24) is 0 Å². The number of rotatable bonds is 5. The number of nitrogens with zero attached hydrogens (tertiary/aromatic N) is 1. The molecular weight excluding hydrogens is 400 g/mol. The van der Waals surface area contributed by atoms with Crippen LogP contribution in [0, 0.1) is 0 Å². The first-order valence-electron chi connectivity index (χ1n) is 9.54. The fourth-order valence-corrected chi connectivity index (χ4v) is 3.41. The van der Waals surface area contributed by atoms with Crippen LogP contribution in [0.5, 0.6) is 0 Å². The molecule has 1 aliphatic rings. The van der Waals surface area contributed by atoms with Crippen molar-refractivity contribution in [3.8, 4) is 0 Å². The topological polar surface area (TPSA) is 67.8 Å². The van der Waals surface area contributed by atoms with E-state index in [1.807, 2.05) is 60.7 Å². The summed E-state index contributed by atoms with van der Waals surface area (Å²) in [4.78, 5) is 29.9. The standard InChI is InChI=1S/C24H19ClN2O3/c25-18-11-12-20-19(13-18)23(17-9-5-2-6-10-17)26-21(24(29)27-20)14-22(28)30-15-16-7-3-1-4-8-16/h1-13,21H,14-15H2,(H,27,29)/t21-/m0/s1. The minimum atomic E-state index is -0.908. The zero-order valence-electron chi connectivity index (χ0n) is 16.0. The van der Waals surface area contributed by atoms with Crippen LogP contribution in [-0.2, 0) is 20.9 Å². The van der Waals surface area contributed by atoms with Gasteiger partial charge in [-0.05, 0) is 23.8 Å². The first kappa shape index (κ1) is 19.9. The van der Waals surface area contributed by atoms with E-state index in [0.717, 1.165) is 11.1 Å². The van der Waals surface area contributed by atoms with Crippen LogP contribution >= 0.6 is 11.6 Å². The lowest BCUT2D eigenvalue weighted by Crippen LogP contribution is -2.28. The van der Waals surface area contributed by atoms with Gasteiger partial charge in [0.25, 0.3) is 0 Å². The smallest absolute Gasteiger partial charge is 0.308 e. The largest absolute Gasteiger partial charge is 0.461 e. The minimum absolute atomic E-state index is 0.152. The van der Waals surface area contributed by atoms with E-state index in [1.54, 1.807) is 18.2 Å². The van der Waals surface area contributed by atoms with Crippen LogP contribution in [0.3, 0.4) is 0 Å². The summed E-state index contributed by atoms with van der Waals surface area (Å²) in [6, 6.07) is 23.2. The molecule has 5 nitrogen and oxygen atoms in total. The average Bonchev–Trinajstić information content (AvgIpc) is 2.90. The van der Waals surface area contributed by atoms with E-state index in [2.05, 4.69) is 10.3 Å². The number of carbonyl (C=O) groups excluding carboxylic acids is 2. The third-order valence-electron chi connectivity index (χ3n) is 4.73. The molecule has 4 rings (SSSR count). The normalized spacial score (nSPS) is 15.4. The van der Waals surface area contributed by atoms with Gasteiger partial charge < -0.3 is 10.1 Å². The highest BCUT2D eigenvalue weighted by molar-refractivity contribution is 6.32. The Morgan fingerprint density at radius 3 is 2.43 bits per heavy atom. The molecule has 0 aromatic heterocycles. The molecular formula is C24H19ClN2O3. The van der Waals surface area contributed by atoms with Crippen LogP contribution in [0.1, 0.15) is 23.1 Å². The number of anilines is 1. The van der Waals surface area contributed by atoms with E-state index < -0.39 is 12.0 Å². The Hall–Kier alpha value is -3.44. The molecule has 0 spiro atoms. The van der Waals surface area contributed by atoms with E-state index in [1.165, 1.54) is 0 Å². The number of esters is 1. The molecule has 3 aromatic rings. The molecule has 1 aliphatic heterocycles. The van der Waals surface area contributed by atoms with Gasteiger partial charge in [0.05, 0.1) is 17.8 Å². The summed E-state index contributed by atoms with van der Waals surface area (Å²) in [6.45, 7) is 0.152. The fourth-order valence-electron chi connectivity index (χ4n) is 3.24. The molecule has 0 bridgehead atoms. The van der Waals surface area contributed by atoms with E-state index >= 15 is 0 Å². The molecule has 1 atom stereocenters. The molecule has 1 amide bonds. The molecule has 0 radical (unpaired) electrons. The highest BCUT2D eigenvalue weighted by Crippen LogP contribution is 2.28. The van der Waals surface area contributed by atoms with Gasteiger partial charge in [0, 0.05) is 16.1 Å². The number of nitrogens with one attached hydrogen (secondary N) is 1. The lowest BCUT2D eigenvalue weighted by atomic mass is 10.0. The molecule has 150 valence electrons. The molecule has 3 aromatic carbocycles. The molecule has 0 aliphatic carbocycles. The molecule has 0 fully saturated rings. The predicted molar refractivity (Wildman–Crippen MR) is 117 cm³/mol. The molecule has 0 saturated heterocycles. The van der Waals surface area contributed by atoms with Gasteiger partial charge in [0.2, 0.25) is 5.91 Å². The maximum Gasteiger partial charge on any atom is 0.308 e. The summed E-state index contributed by atoms with van der Waals surface area (Å²) >= 11 is 6.20. The zero-order valence-corrected chi connectivity index (χ0v) is 16.8. The summed E-state index contributed by atoms with van der Waals surface area (Å²) in [5, 5.41) is 3.39. The van der Waals surface area contributed by atoms with Crippen molar-refractivity contribution < 1.29 is 14.3 Å². The SMILES string of the molecule is O=C(C[C@@H]1N=C(c2ccccc2)c2cc(Cl)ccc2NC1=O)OCc1ccccc1. The van der Waals surface area contributed by atoms with Crippen LogP contribution in [0.2, 0.25) is 5.02 Å². The van der Waals surface area contributed by atoms with Crippen molar-refractivity contribution >= 4 is 34.9 Å². The number of hydrogen-bond acceptors (Lipinski definition) is 4. The van der Waals surface area contributed by atoms with Crippen LogP contribution < -0.4 is 5.32 Å².